The first-order chi connectivity index (χ1) is 6.61. The Balaban J connectivity index is 2.62. The van der Waals surface area contributed by atoms with E-state index in [1.54, 1.807) is 30.3 Å². The highest BCUT2D eigenvalue weighted by Crippen LogP contribution is 2.07. The second kappa shape index (κ2) is 4.57. The van der Waals surface area contributed by atoms with E-state index in [4.69, 9.17) is 11.6 Å². The number of alkyl halides is 1. The highest BCUT2D eigenvalue weighted by atomic mass is 35.5. The lowest BCUT2D eigenvalue weighted by Gasteiger charge is -2.03. The van der Waals surface area contributed by atoms with Crippen LogP contribution in [-0.2, 0) is 4.79 Å². The molecular weight excluding hydrogens is 208 g/mol. The Labute approximate surface area is 84.8 Å². The van der Waals surface area contributed by atoms with E-state index in [1.165, 1.54) is 0 Å². The number of rotatable bonds is 3. The normalized spacial score (nSPS) is 11.8. The molecular formula is C8H7ClN2O3. The molecule has 0 bridgehead atoms. The molecule has 1 N–H and O–H groups in total. The third-order valence-electron chi connectivity index (χ3n) is 1.44. The number of benzene rings is 1. The van der Waals surface area contributed by atoms with Crippen LogP contribution in [0.2, 0.25) is 0 Å². The van der Waals surface area contributed by atoms with Crippen LogP contribution in [0, 0.1) is 10.1 Å². The summed E-state index contributed by atoms with van der Waals surface area (Å²) in [5, 5.41) is 12.5. The van der Waals surface area contributed by atoms with Gasteiger partial charge in [0.15, 0.2) is 0 Å². The van der Waals surface area contributed by atoms with Crippen molar-refractivity contribution >= 4 is 23.2 Å². The molecule has 5 nitrogen and oxygen atoms in total. The Bertz CT molecular complexity index is 342. The molecule has 0 fully saturated rings. The van der Waals surface area contributed by atoms with Gasteiger partial charge in [0.05, 0.1) is 0 Å². The molecule has 1 aromatic carbocycles. The number of halogens is 1. The number of anilines is 1. The fourth-order valence-corrected chi connectivity index (χ4v) is 0.874. The largest absolute Gasteiger partial charge is 0.363 e. The molecule has 74 valence electrons. The van der Waals surface area contributed by atoms with E-state index >= 15 is 0 Å². The lowest BCUT2D eigenvalue weighted by Crippen LogP contribution is -2.29. The summed E-state index contributed by atoms with van der Waals surface area (Å²) in [6, 6.07) is 8.39. The maximum absolute atomic E-state index is 11.1. The van der Waals surface area contributed by atoms with Crippen LogP contribution in [0.3, 0.4) is 0 Å². The lowest BCUT2D eigenvalue weighted by molar-refractivity contribution is -0.484. The summed E-state index contributed by atoms with van der Waals surface area (Å²) in [5.41, 5.74) is -1.28. The van der Waals surface area contributed by atoms with Gasteiger partial charge in [-0.05, 0) is 23.7 Å². The average Bonchev–Trinajstić information content (AvgIpc) is 2.18. The zero-order valence-electron chi connectivity index (χ0n) is 7.01. The zero-order chi connectivity index (χ0) is 10.6. The molecule has 1 atom stereocenters. The number of nitrogens with one attached hydrogen (secondary N) is 1. The minimum absolute atomic E-state index is 0.477. The van der Waals surface area contributed by atoms with Crippen molar-refractivity contribution in [1.82, 2.24) is 0 Å². The summed E-state index contributed by atoms with van der Waals surface area (Å²) in [4.78, 5) is 20.4. The topological polar surface area (TPSA) is 72.2 Å². The summed E-state index contributed by atoms with van der Waals surface area (Å²) < 4.78 is 0. The number of carbonyl (C=O) groups excluding carboxylic acids is 1. The van der Waals surface area contributed by atoms with Crippen LogP contribution < -0.4 is 5.32 Å². The molecule has 0 aromatic heterocycles. The van der Waals surface area contributed by atoms with Crippen molar-refractivity contribution in [2.45, 2.75) is 5.50 Å². The van der Waals surface area contributed by atoms with Crippen molar-refractivity contribution in [3.8, 4) is 0 Å². The van der Waals surface area contributed by atoms with Crippen LogP contribution in [0.1, 0.15) is 0 Å². The van der Waals surface area contributed by atoms with Crippen molar-refractivity contribution in [2.75, 3.05) is 5.32 Å². The highest BCUT2D eigenvalue weighted by molar-refractivity contribution is 6.31. The average molecular weight is 215 g/mol. The number of para-hydroxylation sites is 1. The minimum Gasteiger partial charge on any atom is -0.319 e. The van der Waals surface area contributed by atoms with Gasteiger partial charge in [-0.1, -0.05) is 18.2 Å². The molecule has 0 aliphatic carbocycles. The second-order valence-electron chi connectivity index (χ2n) is 2.48. The highest BCUT2D eigenvalue weighted by Gasteiger charge is 2.26. The predicted molar refractivity (Wildman–Crippen MR) is 51.7 cm³/mol. The maximum atomic E-state index is 11.1. The Morgan fingerprint density at radius 1 is 1.43 bits per heavy atom. The van der Waals surface area contributed by atoms with Crippen molar-refractivity contribution in [1.29, 1.82) is 0 Å². The van der Waals surface area contributed by atoms with E-state index in [0.29, 0.717) is 5.69 Å². The van der Waals surface area contributed by atoms with Gasteiger partial charge in [-0.3, -0.25) is 14.9 Å². The van der Waals surface area contributed by atoms with Gasteiger partial charge in [0.25, 0.3) is 0 Å². The predicted octanol–water partition coefficient (Wildman–Crippen LogP) is 1.47. The summed E-state index contributed by atoms with van der Waals surface area (Å²) in [6.07, 6.45) is 0. The van der Waals surface area contributed by atoms with Gasteiger partial charge in [0.1, 0.15) is 0 Å². The van der Waals surface area contributed by atoms with E-state index in [0.717, 1.165) is 0 Å². The molecule has 0 aliphatic heterocycles. The fourth-order valence-electron chi connectivity index (χ4n) is 0.819. The molecule has 0 spiro atoms. The number of nitro groups is 1. The van der Waals surface area contributed by atoms with E-state index < -0.39 is 16.3 Å². The van der Waals surface area contributed by atoms with E-state index in [-0.39, 0.29) is 0 Å². The van der Waals surface area contributed by atoms with Gasteiger partial charge in [-0.25, -0.2) is 0 Å². The molecule has 1 aromatic rings. The molecule has 1 unspecified atom stereocenters. The second-order valence-corrected chi connectivity index (χ2v) is 2.89. The Morgan fingerprint density at radius 2 is 2.00 bits per heavy atom. The van der Waals surface area contributed by atoms with Gasteiger partial charge in [0, 0.05) is 10.6 Å². The molecule has 0 saturated heterocycles. The standard InChI is InChI=1S/C8H7ClN2O3/c9-7(11(13)14)8(12)10-6-4-2-1-3-5-6/h1-5,7H,(H,10,12). The van der Waals surface area contributed by atoms with Gasteiger partial charge in [-0.2, -0.15) is 0 Å². The Morgan fingerprint density at radius 3 is 2.50 bits per heavy atom. The maximum Gasteiger partial charge on any atom is 0.363 e. The molecule has 0 saturated carbocycles. The van der Waals surface area contributed by atoms with Crippen LogP contribution in [-0.4, -0.2) is 16.3 Å². The van der Waals surface area contributed by atoms with Crippen LogP contribution in [0.5, 0.6) is 0 Å². The van der Waals surface area contributed by atoms with Crippen molar-refractivity contribution < 1.29 is 9.72 Å². The Hall–Kier alpha value is -1.62. The molecule has 1 amide bonds. The third kappa shape index (κ3) is 2.70. The molecule has 0 aliphatic rings. The number of hydrogen-bond donors (Lipinski definition) is 1. The molecule has 6 heteroatoms. The van der Waals surface area contributed by atoms with Gasteiger partial charge in [0.2, 0.25) is 0 Å². The monoisotopic (exact) mass is 214 g/mol. The first-order valence-corrected chi connectivity index (χ1v) is 4.18. The minimum atomic E-state index is -1.75. The summed E-state index contributed by atoms with van der Waals surface area (Å²) in [5.74, 6) is -0.845. The third-order valence-corrected chi connectivity index (χ3v) is 1.80. The fraction of sp³-hybridized carbons (Fsp3) is 0.125. The number of hydrogen-bond acceptors (Lipinski definition) is 3. The summed E-state index contributed by atoms with van der Waals surface area (Å²) >= 11 is 5.20. The SMILES string of the molecule is O=C(Nc1ccccc1)C(Cl)[N+](=O)[O-]. The van der Waals surface area contributed by atoms with Gasteiger partial charge in [-0.15, -0.1) is 0 Å². The van der Waals surface area contributed by atoms with E-state index in [9.17, 15) is 14.9 Å². The summed E-state index contributed by atoms with van der Waals surface area (Å²) in [7, 11) is 0. The quantitative estimate of drug-likeness (QED) is 0.358. The molecule has 14 heavy (non-hydrogen) atoms. The zero-order valence-corrected chi connectivity index (χ0v) is 7.77. The van der Waals surface area contributed by atoms with Gasteiger partial charge >= 0.3 is 11.4 Å². The first-order valence-electron chi connectivity index (χ1n) is 3.75. The van der Waals surface area contributed by atoms with E-state index in [1.807, 2.05) is 0 Å². The Kier molecular flexibility index (Phi) is 3.41. The number of carbonyl (C=O) groups is 1. The summed E-state index contributed by atoms with van der Waals surface area (Å²) in [6.45, 7) is 0. The lowest BCUT2D eigenvalue weighted by atomic mass is 10.3. The first kappa shape index (κ1) is 10.5. The van der Waals surface area contributed by atoms with Crippen LogP contribution >= 0.6 is 11.6 Å². The van der Waals surface area contributed by atoms with Crippen molar-refractivity contribution in [3.63, 3.8) is 0 Å². The molecule has 0 heterocycles. The van der Waals surface area contributed by atoms with Crippen molar-refractivity contribution in [2.24, 2.45) is 0 Å². The van der Waals surface area contributed by atoms with E-state index in [2.05, 4.69) is 5.32 Å². The molecule has 0 radical (unpaired) electrons. The smallest absolute Gasteiger partial charge is 0.319 e. The number of nitrogens with zero attached hydrogens (tertiary/aromatic N) is 1. The van der Waals surface area contributed by atoms with Crippen molar-refractivity contribution in [3.05, 3.63) is 40.4 Å². The van der Waals surface area contributed by atoms with Crippen LogP contribution in [0.25, 0.3) is 0 Å². The van der Waals surface area contributed by atoms with Crippen LogP contribution in [0.4, 0.5) is 5.69 Å². The number of amides is 1. The van der Waals surface area contributed by atoms with Gasteiger partial charge < -0.3 is 5.32 Å². The molecule has 1 rings (SSSR count). The van der Waals surface area contributed by atoms with Crippen LogP contribution in [0.15, 0.2) is 30.3 Å².